The molecule has 1 N–H and O–H groups in total. The van der Waals surface area contributed by atoms with E-state index < -0.39 is 14.9 Å². The molecule has 0 saturated carbocycles. The molecule has 136 valence electrons. The third kappa shape index (κ3) is 3.11. The molecule has 3 rings (SSSR count). The van der Waals surface area contributed by atoms with Gasteiger partial charge in [0.15, 0.2) is 0 Å². The first-order valence-corrected chi connectivity index (χ1v) is 9.12. The van der Waals surface area contributed by atoms with Crippen LogP contribution in [0, 0.1) is 10.1 Å². The van der Waals surface area contributed by atoms with E-state index in [0.717, 1.165) is 4.31 Å². The Morgan fingerprint density at radius 1 is 1.19 bits per heavy atom. The van der Waals surface area contributed by atoms with Gasteiger partial charge >= 0.3 is 5.82 Å². The lowest BCUT2D eigenvalue weighted by Gasteiger charge is -2.15. The van der Waals surface area contributed by atoms with Crippen LogP contribution in [0.5, 0.6) is 0 Å². The van der Waals surface area contributed by atoms with E-state index in [-0.39, 0.29) is 23.1 Å². The van der Waals surface area contributed by atoms with Crippen molar-refractivity contribution in [2.45, 2.75) is 11.4 Å². The summed E-state index contributed by atoms with van der Waals surface area (Å²) in [6, 6.07) is 11.6. The number of benzene rings is 1. The second kappa shape index (κ2) is 6.73. The van der Waals surface area contributed by atoms with Crippen LogP contribution >= 0.6 is 0 Å². The Labute approximate surface area is 150 Å². The standard InChI is InChI=1S/C16H17N5O4S/c1-19(2)26(24,25)13-8-4-3-7-12(13)11-17-15-16(21(22)23)20-10-6-5-9-14(20)18-15/h3-10,17H,11H2,1-2H3. The smallest absolute Gasteiger partial charge is 0.359 e. The SMILES string of the molecule is CN(C)S(=O)(=O)c1ccccc1CNc1nc2ccccn2c1[N+](=O)[O-]. The molecule has 26 heavy (non-hydrogen) atoms. The highest BCUT2D eigenvalue weighted by molar-refractivity contribution is 7.89. The van der Waals surface area contributed by atoms with Crippen molar-refractivity contribution >= 4 is 27.3 Å². The number of pyridine rings is 1. The Morgan fingerprint density at radius 2 is 1.88 bits per heavy atom. The monoisotopic (exact) mass is 375 g/mol. The van der Waals surface area contributed by atoms with E-state index in [9.17, 15) is 18.5 Å². The number of rotatable bonds is 6. The predicted octanol–water partition coefficient (Wildman–Crippen LogP) is 2.10. The average molecular weight is 375 g/mol. The Bertz CT molecular complexity index is 1080. The molecule has 0 radical (unpaired) electrons. The molecule has 0 aliphatic rings. The average Bonchev–Trinajstić information content (AvgIpc) is 2.98. The van der Waals surface area contributed by atoms with Gasteiger partial charge in [-0.3, -0.25) is 0 Å². The normalized spacial score (nSPS) is 11.8. The van der Waals surface area contributed by atoms with E-state index in [1.54, 1.807) is 42.6 Å². The fraction of sp³-hybridized carbons (Fsp3) is 0.188. The first kappa shape index (κ1) is 17.8. The molecule has 0 bridgehead atoms. The van der Waals surface area contributed by atoms with Crippen molar-refractivity contribution in [2.75, 3.05) is 19.4 Å². The third-order valence-electron chi connectivity index (χ3n) is 3.86. The molecule has 0 unspecified atom stereocenters. The zero-order valence-corrected chi connectivity index (χ0v) is 15.0. The summed E-state index contributed by atoms with van der Waals surface area (Å²) in [6.45, 7) is 0.0773. The zero-order chi connectivity index (χ0) is 18.9. The summed E-state index contributed by atoms with van der Waals surface area (Å²) in [5.74, 6) is -0.119. The molecule has 2 aromatic heterocycles. The molecule has 0 aliphatic heterocycles. The first-order chi connectivity index (χ1) is 12.3. The minimum Gasteiger partial charge on any atom is -0.359 e. The van der Waals surface area contributed by atoms with E-state index in [0.29, 0.717) is 11.2 Å². The van der Waals surface area contributed by atoms with E-state index in [1.807, 2.05) is 0 Å². The Hall–Kier alpha value is -2.98. The number of nitrogens with one attached hydrogen (secondary N) is 1. The summed E-state index contributed by atoms with van der Waals surface area (Å²) < 4.78 is 27.4. The zero-order valence-electron chi connectivity index (χ0n) is 14.2. The summed E-state index contributed by atoms with van der Waals surface area (Å²) in [6.07, 6.45) is 1.55. The van der Waals surface area contributed by atoms with Gasteiger partial charge in [0.1, 0.15) is 0 Å². The van der Waals surface area contributed by atoms with Crippen LogP contribution in [0.2, 0.25) is 0 Å². The van der Waals surface area contributed by atoms with Gasteiger partial charge in [0.25, 0.3) is 0 Å². The first-order valence-electron chi connectivity index (χ1n) is 7.68. The van der Waals surface area contributed by atoms with Crippen LogP contribution in [-0.4, -0.2) is 41.1 Å². The van der Waals surface area contributed by atoms with Crippen molar-refractivity contribution in [1.82, 2.24) is 13.7 Å². The minimum atomic E-state index is -3.63. The van der Waals surface area contributed by atoms with Crippen molar-refractivity contribution in [3.63, 3.8) is 0 Å². The molecule has 0 aliphatic carbocycles. The Morgan fingerprint density at radius 3 is 2.58 bits per heavy atom. The van der Waals surface area contributed by atoms with Crippen LogP contribution in [0.3, 0.4) is 0 Å². The van der Waals surface area contributed by atoms with Crippen LogP contribution < -0.4 is 5.32 Å². The number of hydrogen-bond acceptors (Lipinski definition) is 6. The fourth-order valence-corrected chi connectivity index (χ4v) is 3.67. The van der Waals surface area contributed by atoms with Gasteiger partial charge in [0.05, 0.1) is 11.1 Å². The van der Waals surface area contributed by atoms with E-state index in [4.69, 9.17) is 0 Å². The van der Waals surface area contributed by atoms with Crippen LogP contribution in [0.15, 0.2) is 53.6 Å². The number of anilines is 1. The van der Waals surface area contributed by atoms with Crippen LogP contribution in [0.25, 0.3) is 5.65 Å². The van der Waals surface area contributed by atoms with Crippen molar-refractivity contribution in [3.05, 3.63) is 64.3 Å². The van der Waals surface area contributed by atoms with Gasteiger partial charge in [-0.05, 0) is 22.6 Å². The number of aromatic nitrogens is 2. The van der Waals surface area contributed by atoms with Gasteiger partial charge in [-0.2, -0.15) is 9.38 Å². The van der Waals surface area contributed by atoms with Gasteiger partial charge in [-0.15, -0.1) is 0 Å². The van der Waals surface area contributed by atoms with Gasteiger partial charge in [-0.1, -0.05) is 24.3 Å². The summed E-state index contributed by atoms with van der Waals surface area (Å²) in [5, 5.41) is 14.3. The second-order valence-electron chi connectivity index (χ2n) is 5.72. The summed E-state index contributed by atoms with van der Waals surface area (Å²) in [7, 11) is -0.727. The predicted molar refractivity (Wildman–Crippen MR) is 96.5 cm³/mol. The summed E-state index contributed by atoms with van der Waals surface area (Å²) >= 11 is 0. The summed E-state index contributed by atoms with van der Waals surface area (Å²) in [4.78, 5) is 15.3. The Kier molecular flexibility index (Phi) is 4.62. The van der Waals surface area contributed by atoms with Crippen LogP contribution in [0.4, 0.5) is 11.6 Å². The summed E-state index contributed by atoms with van der Waals surface area (Å²) in [5.41, 5.74) is 0.920. The lowest BCUT2D eigenvalue weighted by molar-refractivity contribution is -0.389. The van der Waals surface area contributed by atoms with E-state index in [1.165, 1.54) is 24.6 Å². The maximum Gasteiger partial charge on any atom is 0.372 e. The largest absolute Gasteiger partial charge is 0.372 e. The number of fused-ring (bicyclic) bond motifs is 1. The number of sulfonamides is 1. The highest BCUT2D eigenvalue weighted by Gasteiger charge is 2.24. The number of imidazole rings is 1. The molecule has 0 saturated heterocycles. The van der Waals surface area contributed by atoms with Crippen molar-refractivity contribution < 1.29 is 13.3 Å². The maximum atomic E-state index is 12.5. The molecule has 0 atom stereocenters. The molecule has 1 aromatic carbocycles. The molecular formula is C16H17N5O4S. The van der Waals surface area contributed by atoms with E-state index >= 15 is 0 Å². The van der Waals surface area contributed by atoms with Gasteiger partial charge in [-0.25, -0.2) is 12.7 Å². The quantitative estimate of drug-likeness (QED) is 0.522. The van der Waals surface area contributed by atoms with Crippen molar-refractivity contribution in [2.24, 2.45) is 0 Å². The van der Waals surface area contributed by atoms with Crippen LogP contribution in [0.1, 0.15) is 5.56 Å². The molecule has 0 spiro atoms. The fourth-order valence-electron chi connectivity index (χ4n) is 2.55. The number of hydrogen-bond donors (Lipinski definition) is 1. The third-order valence-corrected chi connectivity index (χ3v) is 5.77. The van der Waals surface area contributed by atoms with E-state index in [2.05, 4.69) is 10.3 Å². The highest BCUT2D eigenvalue weighted by atomic mass is 32.2. The molecule has 2 heterocycles. The lowest BCUT2D eigenvalue weighted by Crippen LogP contribution is -2.23. The highest BCUT2D eigenvalue weighted by Crippen LogP contribution is 2.26. The number of nitrogens with zero attached hydrogens (tertiary/aromatic N) is 4. The molecule has 0 amide bonds. The minimum absolute atomic E-state index is 0.0773. The lowest BCUT2D eigenvalue weighted by atomic mass is 10.2. The molecule has 0 fully saturated rings. The van der Waals surface area contributed by atoms with Gasteiger partial charge in [0, 0.05) is 26.7 Å². The Balaban J connectivity index is 1.98. The molecule has 3 aromatic rings. The maximum absolute atomic E-state index is 12.5. The molecule has 10 heteroatoms. The van der Waals surface area contributed by atoms with Gasteiger partial charge < -0.3 is 15.4 Å². The van der Waals surface area contributed by atoms with Crippen LogP contribution in [-0.2, 0) is 16.6 Å². The van der Waals surface area contributed by atoms with Crippen molar-refractivity contribution in [3.8, 4) is 0 Å². The topological polar surface area (TPSA) is 110 Å². The number of nitro groups is 1. The molecule has 9 nitrogen and oxygen atoms in total. The van der Waals surface area contributed by atoms with Crippen molar-refractivity contribution in [1.29, 1.82) is 0 Å². The molecular weight excluding hydrogens is 358 g/mol. The van der Waals surface area contributed by atoms with Gasteiger partial charge in [0.2, 0.25) is 21.5 Å². The second-order valence-corrected chi connectivity index (χ2v) is 7.84.